The number of benzene rings is 3. The molecule has 35 heavy (non-hydrogen) atoms. The van der Waals surface area contributed by atoms with E-state index in [9.17, 15) is 18.8 Å². The fourth-order valence-corrected chi connectivity index (χ4v) is 4.13. The van der Waals surface area contributed by atoms with Crippen LogP contribution in [0, 0.1) is 5.82 Å². The largest absolute Gasteiger partial charge is 0.493 e. The topological polar surface area (TPSA) is 84.9 Å². The van der Waals surface area contributed by atoms with Crippen LogP contribution in [0.3, 0.4) is 0 Å². The van der Waals surface area contributed by atoms with E-state index in [2.05, 4.69) is 5.32 Å². The maximum atomic E-state index is 13.1. The van der Waals surface area contributed by atoms with Crippen LogP contribution in [0.15, 0.2) is 77.7 Å². The molecule has 0 spiro atoms. The maximum Gasteiger partial charge on any atom is 0.294 e. The Balaban J connectivity index is 1.42. The summed E-state index contributed by atoms with van der Waals surface area (Å²) in [4.78, 5) is 38.5. The van der Waals surface area contributed by atoms with Gasteiger partial charge in [-0.3, -0.25) is 19.3 Å². The number of nitrogens with zero attached hydrogens (tertiary/aromatic N) is 1. The zero-order chi connectivity index (χ0) is 24.8. The van der Waals surface area contributed by atoms with Gasteiger partial charge in [-0.2, -0.15) is 0 Å². The lowest BCUT2D eigenvalue weighted by atomic mass is 10.1. The molecular weight excluding hydrogens is 471 g/mol. The Morgan fingerprint density at radius 2 is 1.77 bits per heavy atom. The molecule has 0 aliphatic carbocycles. The molecule has 4 rings (SSSR count). The van der Waals surface area contributed by atoms with Crippen molar-refractivity contribution in [2.45, 2.75) is 6.61 Å². The number of carbonyl (C=O) groups is 3. The SMILES string of the molecule is COc1cc(/C=C2\SC(=O)N(CC(=O)Nc3ccccc3)C2=O)ccc1OCc1ccc(F)cc1. The lowest BCUT2D eigenvalue weighted by Crippen LogP contribution is -2.36. The molecule has 178 valence electrons. The van der Waals surface area contributed by atoms with Crippen molar-refractivity contribution in [3.63, 3.8) is 0 Å². The molecule has 1 aliphatic heterocycles. The molecule has 1 saturated heterocycles. The molecule has 3 amide bonds. The highest BCUT2D eigenvalue weighted by Crippen LogP contribution is 2.34. The molecule has 0 aromatic heterocycles. The van der Waals surface area contributed by atoms with Gasteiger partial charge in [-0.15, -0.1) is 0 Å². The van der Waals surface area contributed by atoms with Crippen LogP contribution in [0.1, 0.15) is 11.1 Å². The van der Waals surface area contributed by atoms with E-state index in [1.165, 1.54) is 19.2 Å². The lowest BCUT2D eigenvalue weighted by molar-refractivity contribution is -0.127. The van der Waals surface area contributed by atoms with Gasteiger partial charge in [0.15, 0.2) is 11.5 Å². The molecule has 0 radical (unpaired) electrons. The van der Waals surface area contributed by atoms with E-state index in [0.717, 1.165) is 22.2 Å². The molecule has 1 heterocycles. The van der Waals surface area contributed by atoms with E-state index in [4.69, 9.17) is 9.47 Å². The summed E-state index contributed by atoms with van der Waals surface area (Å²) in [5, 5.41) is 2.14. The van der Waals surface area contributed by atoms with Gasteiger partial charge in [-0.05, 0) is 65.4 Å². The number of carbonyl (C=O) groups excluding carboxylic acids is 3. The summed E-state index contributed by atoms with van der Waals surface area (Å²) in [7, 11) is 1.49. The van der Waals surface area contributed by atoms with Gasteiger partial charge in [0.25, 0.3) is 11.1 Å². The molecule has 9 heteroatoms. The number of thioether (sulfide) groups is 1. The second-order valence-electron chi connectivity index (χ2n) is 7.51. The summed E-state index contributed by atoms with van der Waals surface area (Å²) < 4.78 is 24.3. The molecule has 1 fully saturated rings. The molecule has 0 atom stereocenters. The summed E-state index contributed by atoms with van der Waals surface area (Å²) >= 11 is 0.767. The van der Waals surface area contributed by atoms with Gasteiger partial charge in [-0.1, -0.05) is 36.4 Å². The van der Waals surface area contributed by atoms with Crippen LogP contribution in [0.5, 0.6) is 11.5 Å². The number of imide groups is 1. The van der Waals surface area contributed by atoms with Crippen LogP contribution in [-0.2, 0) is 16.2 Å². The predicted molar refractivity (Wildman–Crippen MR) is 131 cm³/mol. The summed E-state index contributed by atoms with van der Waals surface area (Å²) in [6.07, 6.45) is 1.56. The number of hydrogen-bond donors (Lipinski definition) is 1. The first-order valence-electron chi connectivity index (χ1n) is 10.6. The van der Waals surface area contributed by atoms with Crippen molar-refractivity contribution >= 4 is 40.6 Å². The van der Waals surface area contributed by atoms with E-state index in [1.807, 2.05) is 6.07 Å². The summed E-state index contributed by atoms with van der Waals surface area (Å²) in [5.41, 5.74) is 1.99. The van der Waals surface area contributed by atoms with Crippen LogP contribution in [0.4, 0.5) is 14.9 Å². The molecule has 7 nitrogen and oxygen atoms in total. The van der Waals surface area contributed by atoms with Crippen molar-refractivity contribution in [3.8, 4) is 11.5 Å². The molecule has 1 aliphatic rings. The average molecular weight is 493 g/mol. The minimum atomic E-state index is -0.543. The second-order valence-corrected chi connectivity index (χ2v) is 8.50. The summed E-state index contributed by atoms with van der Waals surface area (Å²) in [6.45, 7) is -0.156. The maximum absolute atomic E-state index is 13.1. The number of rotatable bonds is 8. The molecule has 3 aromatic rings. The lowest BCUT2D eigenvalue weighted by Gasteiger charge is -2.12. The van der Waals surface area contributed by atoms with Crippen LogP contribution in [-0.4, -0.2) is 35.6 Å². The number of nitrogens with one attached hydrogen (secondary N) is 1. The molecule has 3 aromatic carbocycles. The first kappa shape index (κ1) is 24.0. The van der Waals surface area contributed by atoms with Gasteiger partial charge in [-0.25, -0.2) is 4.39 Å². The molecule has 0 saturated carbocycles. The monoisotopic (exact) mass is 492 g/mol. The van der Waals surface area contributed by atoms with E-state index < -0.39 is 17.1 Å². The Hall–Kier alpha value is -4.11. The predicted octanol–water partition coefficient (Wildman–Crippen LogP) is 5.09. The second kappa shape index (κ2) is 10.9. The Labute approximate surface area is 205 Å². The van der Waals surface area contributed by atoms with Gasteiger partial charge in [0.05, 0.1) is 12.0 Å². The minimum absolute atomic E-state index is 0.199. The Morgan fingerprint density at radius 1 is 1.03 bits per heavy atom. The molecule has 0 unspecified atom stereocenters. The summed E-state index contributed by atoms with van der Waals surface area (Å²) in [5.74, 6) is -0.429. The molecular formula is C26H21FN2O5S. The van der Waals surface area contributed by atoms with E-state index in [1.54, 1.807) is 60.7 Å². The number of hydrogen-bond acceptors (Lipinski definition) is 6. The van der Waals surface area contributed by atoms with Gasteiger partial charge >= 0.3 is 0 Å². The smallest absolute Gasteiger partial charge is 0.294 e. The highest BCUT2D eigenvalue weighted by Gasteiger charge is 2.36. The van der Waals surface area contributed by atoms with Crippen molar-refractivity contribution in [1.29, 1.82) is 0 Å². The average Bonchev–Trinajstić information content (AvgIpc) is 3.12. The fourth-order valence-electron chi connectivity index (χ4n) is 3.29. The number of methoxy groups -OCH3 is 1. The third-order valence-corrected chi connectivity index (χ3v) is 5.93. The van der Waals surface area contributed by atoms with Gasteiger partial charge in [0.2, 0.25) is 5.91 Å². The number of para-hydroxylation sites is 1. The number of halogens is 1. The normalized spacial score (nSPS) is 14.3. The third kappa shape index (κ3) is 6.07. The van der Waals surface area contributed by atoms with Crippen LogP contribution >= 0.6 is 11.8 Å². The van der Waals surface area contributed by atoms with E-state index in [-0.39, 0.29) is 23.9 Å². The van der Waals surface area contributed by atoms with Gasteiger partial charge < -0.3 is 14.8 Å². The molecule has 0 bridgehead atoms. The minimum Gasteiger partial charge on any atom is -0.493 e. The van der Waals surface area contributed by atoms with Crippen molar-refractivity contribution in [3.05, 3.63) is 94.6 Å². The standard InChI is InChI=1S/C26H21FN2O5S/c1-33-22-13-18(9-12-21(22)34-16-17-7-10-19(27)11-8-17)14-23-25(31)29(26(32)35-23)15-24(30)28-20-5-3-2-4-6-20/h2-14H,15-16H2,1H3,(H,28,30)/b23-14-. The third-order valence-electron chi connectivity index (χ3n) is 5.03. The summed E-state index contributed by atoms with van der Waals surface area (Å²) in [6, 6.07) is 19.8. The number of anilines is 1. The van der Waals surface area contributed by atoms with Gasteiger partial charge in [0.1, 0.15) is 19.0 Å². The first-order chi connectivity index (χ1) is 16.9. The zero-order valence-electron chi connectivity index (χ0n) is 18.7. The highest BCUT2D eigenvalue weighted by molar-refractivity contribution is 8.18. The Morgan fingerprint density at radius 3 is 2.49 bits per heavy atom. The zero-order valence-corrected chi connectivity index (χ0v) is 19.5. The number of ether oxygens (including phenoxy) is 2. The van der Waals surface area contributed by atoms with Crippen molar-refractivity contribution in [1.82, 2.24) is 4.90 Å². The van der Waals surface area contributed by atoms with Crippen molar-refractivity contribution < 1.29 is 28.2 Å². The number of amides is 3. The highest BCUT2D eigenvalue weighted by atomic mass is 32.2. The van der Waals surface area contributed by atoms with Crippen LogP contribution in [0.25, 0.3) is 6.08 Å². The van der Waals surface area contributed by atoms with E-state index in [0.29, 0.717) is 22.7 Å². The van der Waals surface area contributed by atoms with Crippen molar-refractivity contribution in [2.24, 2.45) is 0 Å². The Kier molecular flexibility index (Phi) is 7.47. The van der Waals surface area contributed by atoms with Crippen molar-refractivity contribution in [2.75, 3.05) is 19.0 Å². The quantitative estimate of drug-likeness (QED) is 0.441. The Bertz CT molecular complexity index is 1280. The first-order valence-corrected chi connectivity index (χ1v) is 11.4. The van der Waals surface area contributed by atoms with Gasteiger partial charge in [0, 0.05) is 5.69 Å². The van der Waals surface area contributed by atoms with Crippen LogP contribution in [0.2, 0.25) is 0 Å². The van der Waals surface area contributed by atoms with Crippen LogP contribution < -0.4 is 14.8 Å². The molecule has 1 N–H and O–H groups in total. The fraction of sp³-hybridized carbons (Fsp3) is 0.115. The van der Waals surface area contributed by atoms with E-state index >= 15 is 0 Å².